The molecule has 1 rings (SSSR count). The van der Waals surface area contributed by atoms with Gasteiger partial charge in [0.2, 0.25) is 0 Å². The van der Waals surface area contributed by atoms with Crippen molar-refractivity contribution in [1.82, 2.24) is 10.2 Å². The van der Waals surface area contributed by atoms with Crippen LogP contribution < -0.4 is 5.32 Å². The molecule has 0 bridgehead atoms. The van der Waals surface area contributed by atoms with E-state index in [1.807, 2.05) is 0 Å². The number of hydrogen-bond acceptors (Lipinski definition) is 6. The minimum atomic E-state index is -4.28. The highest BCUT2D eigenvalue weighted by molar-refractivity contribution is 6.36. The minimum absolute atomic E-state index is 0.0468. The quantitative estimate of drug-likeness (QED) is 0.689. The van der Waals surface area contributed by atoms with E-state index < -0.39 is 24.8 Å². The summed E-state index contributed by atoms with van der Waals surface area (Å²) in [5.41, 5.74) is 0.0954. The van der Waals surface area contributed by atoms with Gasteiger partial charge in [-0.3, -0.25) is 4.90 Å². The fourth-order valence-corrected chi connectivity index (χ4v) is 1.81. The largest absolute Gasteiger partial charge is 0.464 e. The molecule has 0 aliphatic carbocycles. The Bertz CT molecular complexity index is 361. The van der Waals surface area contributed by atoms with Crippen LogP contribution in [0, 0.1) is 0 Å². The van der Waals surface area contributed by atoms with Gasteiger partial charge in [-0.05, 0) is 7.05 Å². The average Bonchev–Trinajstić information content (AvgIpc) is 2.81. The molecule has 0 fully saturated rings. The molecule has 9 heteroatoms. The molecule has 1 aliphatic heterocycles. The zero-order valence-electron chi connectivity index (χ0n) is 11.4. The van der Waals surface area contributed by atoms with Crippen molar-refractivity contribution in [3.8, 4) is 0 Å². The van der Waals surface area contributed by atoms with Crippen LogP contribution in [-0.4, -0.2) is 69.2 Å². The second-order valence-corrected chi connectivity index (χ2v) is 4.41. The van der Waals surface area contributed by atoms with Crippen LogP contribution in [0.5, 0.6) is 0 Å². The molecule has 0 saturated carbocycles. The number of halogens is 3. The van der Waals surface area contributed by atoms with E-state index in [4.69, 9.17) is 4.84 Å². The van der Waals surface area contributed by atoms with Crippen molar-refractivity contribution in [2.75, 3.05) is 40.3 Å². The fourth-order valence-electron chi connectivity index (χ4n) is 1.81. The molecular weight excluding hydrogens is 279 g/mol. The smallest absolute Gasteiger partial charge is 0.401 e. The maximum absolute atomic E-state index is 12.5. The summed E-state index contributed by atoms with van der Waals surface area (Å²) in [6.07, 6.45) is -4.69. The predicted octanol–water partition coefficient (Wildman–Crippen LogP) is 0.388. The second kappa shape index (κ2) is 7.44. The van der Waals surface area contributed by atoms with E-state index in [0.717, 1.165) is 0 Å². The Labute approximate surface area is 114 Å². The minimum Gasteiger partial charge on any atom is -0.464 e. The summed E-state index contributed by atoms with van der Waals surface area (Å²) >= 11 is 0. The van der Waals surface area contributed by atoms with E-state index in [1.165, 1.54) is 12.0 Å². The van der Waals surface area contributed by atoms with E-state index in [9.17, 15) is 18.0 Å². The highest BCUT2D eigenvalue weighted by Crippen LogP contribution is 2.19. The van der Waals surface area contributed by atoms with Gasteiger partial charge in [0.25, 0.3) is 0 Å². The highest BCUT2D eigenvalue weighted by Gasteiger charge is 2.34. The van der Waals surface area contributed by atoms with Gasteiger partial charge < -0.3 is 14.9 Å². The molecule has 0 aromatic rings. The van der Waals surface area contributed by atoms with Gasteiger partial charge in [-0.1, -0.05) is 5.16 Å². The lowest BCUT2D eigenvalue weighted by Gasteiger charge is -2.25. The van der Waals surface area contributed by atoms with Crippen molar-refractivity contribution >= 4 is 11.7 Å². The van der Waals surface area contributed by atoms with Gasteiger partial charge in [-0.25, -0.2) is 4.79 Å². The first-order chi connectivity index (χ1) is 9.35. The topological polar surface area (TPSA) is 63.2 Å². The molecule has 1 unspecified atom stereocenters. The summed E-state index contributed by atoms with van der Waals surface area (Å²) in [7, 11) is 2.87. The molecule has 0 radical (unpaired) electrons. The average molecular weight is 297 g/mol. The Hall–Kier alpha value is -1.35. The van der Waals surface area contributed by atoms with Crippen molar-refractivity contribution in [3.05, 3.63) is 0 Å². The molecule has 116 valence electrons. The molecule has 1 heterocycles. The van der Waals surface area contributed by atoms with Gasteiger partial charge >= 0.3 is 12.1 Å². The first-order valence-corrected chi connectivity index (χ1v) is 6.10. The van der Waals surface area contributed by atoms with E-state index in [0.29, 0.717) is 6.54 Å². The number of likely N-dealkylation sites (N-methyl/N-ethyl adjacent to an activating group) is 1. The molecule has 0 saturated heterocycles. The number of hydrogen-bond donors (Lipinski definition) is 1. The Balaban J connectivity index is 2.48. The third-order valence-corrected chi connectivity index (χ3v) is 2.70. The number of rotatable bonds is 7. The fraction of sp³-hybridized carbons (Fsp3) is 0.818. The van der Waals surface area contributed by atoms with E-state index in [-0.39, 0.29) is 25.2 Å². The van der Waals surface area contributed by atoms with Crippen LogP contribution in [0.1, 0.15) is 6.42 Å². The summed E-state index contributed by atoms with van der Waals surface area (Å²) in [5.74, 6) is -0.620. The SMILES string of the molecule is CNCCN(CC1CC(C(=O)OC)=NO1)CC(F)(F)F. The third kappa shape index (κ3) is 5.74. The van der Waals surface area contributed by atoms with Crippen LogP contribution in [0.25, 0.3) is 0 Å². The molecule has 6 nitrogen and oxygen atoms in total. The van der Waals surface area contributed by atoms with Crippen molar-refractivity contribution in [2.45, 2.75) is 18.7 Å². The first-order valence-electron chi connectivity index (χ1n) is 6.10. The van der Waals surface area contributed by atoms with Crippen molar-refractivity contribution in [3.63, 3.8) is 0 Å². The number of nitrogens with one attached hydrogen (secondary N) is 1. The van der Waals surface area contributed by atoms with Crippen LogP contribution in [0.15, 0.2) is 5.16 Å². The van der Waals surface area contributed by atoms with Crippen LogP contribution in [0.4, 0.5) is 13.2 Å². The summed E-state index contributed by atoms with van der Waals surface area (Å²) in [4.78, 5) is 17.4. The maximum atomic E-state index is 12.5. The lowest BCUT2D eigenvalue weighted by Crippen LogP contribution is -2.42. The lowest BCUT2D eigenvalue weighted by atomic mass is 10.1. The molecular formula is C11H18F3N3O3. The number of methoxy groups -OCH3 is 1. The summed E-state index contributed by atoms with van der Waals surface area (Å²) in [6, 6.07) is 0. The van der Waals surface area contributed by atoms with Crippen LogP contribution in [0.2, 0.25) is 0 Å². The number of nitrogens with zero attached hydrogens (tertiary/aromatic N) is 2. The van der Waals surface area contributed by atoms with Gasteiger partial charge in [0.15, 0.2) is 5.71 Å². The first kappa shape index (κ1) is 16.7. The van der Waals surface area contributed by atoms with E-state index >= 15 is 0 Å². The van der Waals surface area contributed by atoms with Gasteiger partial charge in [-0.15, -0.1) is 0 Å². The molecule has 1 aliphatic rings. The van der Waals surface area contributed by atoms with Crippen molar-refractivity contribution in [2.24, 2.45) is 5.16 Å². The number of ether oxygens (including phenoxy) is 1. The Morgan fingerprint density at radius 2 is 2.30 bits per heavy atom. The lowest BCUT2D eigenvalue weighted by molar-refractivity contribution is -0.149. The normalized spacial score (nSPS) is 18.9. The van der Waals surface area contributed by atoms with E-state index in [1.54, 1.807) is 7.05 Å². The Morgan fingerprint density at radius 3 is 2.85 bits per heavy atom. The number of carbonyl (C=O) groups is 1. The van der Waals surface area contributed by atoms with Crippen molar-refractivity contribution in [1.29, 1.82) is 0 Å². The zero-order chi connectivity index (χ0) is 15.2. The Kier molecular flexibility index (Phi) is 6.21. The molecule has 0 aromatic heterocycles. The zero-order valence-corrected chi connectivity index (χ0v) is 11.4. The van der Waals surface area contributed by atoms with E-state index in [2.05, 4.69) is 15.2 Å². The summed E-state index contributed by atoms with van der Waals surface area (Å²) < 4.78 is 41.9. The molecule has 1 atom stereocenters. The molecule has 0 amide bonds. The molecule has 0 spiro atoms. The van der Waals surface area contributed by atoms with Gasteiger partial charge in [0.05, 0.1) is 13.7 Å². The monoisotopic (exact) mass is 297 g/mol. The van der Waals surface area contributed by atoms with Crippen LogP contribution in [-0.2, 0) is 14.4 Å². The number of alkyl halides is 3. The predicted molar refractivity (Wildman–Crippen MR) is 65.4 cm³/mol. The van der Waals surface area contributed by atoms with Gasteiger partial charge in [0, 0.05) is 26.1 Å². The molecule has 1 N–H and O–H groups in total. The van der Waals surface area contributed by atoms with Crippen LogP contribution in [0.3, 0.4) is 0 Å². The number of esters is 1. The van der Waals surface area contributed by atoms with Crippen molar-refractivity contribution < 1.29 is 27.5 Å². The third-order valence-electron chi connectivity index (χ3n) is 2.70. The Morgan fingerprint density at radius 1 is 1.60 bits per heavy atom. The number of oxime groups is 1. The molecule has 20 heavy (non-hydrogen) atoms. The second-order valence-electron chi connectivity index (χ2n) is 4.41. The summed E-state index contributed by atoms with van der Waals surface area (Å²) in [6.45, 7) is -0.329. The summed E-state index contributed by atoms with van der Waals surface area (Å²) in [5, 5.41) is 6.33. The standard InChI is InChI=1S/C11H18F3N3O3/c1-15-3-4-17(7-11(12,13)14)6-8-5-9(16-20-8)10(18)19-2/h8,15H,3-7H2,1-2H3. The molecule has 0 aromatic carbocycles. The highest BCUT2D eigenvalue weighted by atomic mass is 19.4. The van der Waals surface area contributed by atoms with Gasteiger partial charge in [0.1, 0.15) is 6.10 Å². The van der Waals surface area contributed by atoms with Crippen LogP contribution >= 0.6 is 0 Å². The number of carbonyl (C=O) groups excluding carboxylic acids is 1. The maximum Gasteiger partial charge on any atom is 0.401 e. The van der Waals surface area contributed by atoms with Gasteiger partial charge in [-0.2, -0.15) is 13.2 Å².